The minimum absolute atomic E-state index is 0.709. The number of hydrogen-bond acceptors (Lipinski definition) is 1. The van der Waals surface area contributed by atoms with Gasteiger partial charge in [-0.1, -0.05) is 11.6 Å². The molecule has 0 aliphatic heterocycles. The van der Waals surface area contributed by atoms with E-state index in [0.29, 0.717) is 6.42 Å². The van der Waals surface area contributed by atoms with Crippen LogP contribution in [0.1, 0.15) is 36.6 Å². The van der Waals surface area contributed by atoms with Crippen molar-refractivity contribution in [3.63, 3.8) is 0 Å². The zero-order chi connectivity index (χ0) is 12.9. The number of H-pyrrole nitrogens is 1. The van der Waals surface area contributed by atoms with E-state index in [9.17, 15) is 9.90 Å². The topological polar surface area (TPSA) is 53.1 Å². The first-order valence-electron chi connectivity index (χ1n) is 6.37. The number of hydrogen-bond donors (Lipinski definition) is 2. The van der Waals surface area contributed by atoms with Crippen LogP contribution in [-0.2, 0) is 16.6 Å². The van der Waals surface area contributed by atoms with E-state index in [0.717, 1.165) is 24.1 Å². The zero-order valence-corrected chi connectivity index (χ0v) is 10.7. The molecule has 1 aromatic carbocycles. The molecule has 0 saturated carbocycles. The van der Waals surface area contributed by atoms with Crippen molar-refractivity contribution in [3.05, 3.63) is 35.0 Å². The average Bonchev–Trinajstić information content (AvgIpc) is 2.69. The molecule has 2 aromatic rings. The SMILES string of the molecule is Cc1ccc2[nH]c3c(c2c1)CCCC3(C)C(=O)O. The molecule has 2 N–H and O–H groups in total. The van der Waals surface area contributed by atoms with Crippen molar-refractivity contribution in [1.29, 1.82) is 0 Å². The van der Waals surface area contributed by atoms with Gasteiger partial charge in [-0.05, 0) is 50.8 Å². The van der Waals surface area contributed by atoms with E-state index in [2.05, 4.69) is 24.0 Å². The van der Waals surface area contributed by atoms with Crippen LogP contribution in [0.15, 0.2) is 18.2 Å². The molecule has 1 aliphatic carbocycles. The Morgan fingerprint density at radius 2 is 2.22 bits per heavy atom. The molecule has 0 fully saturated rings. The van der Waals surface area contributed by atoms with Gasteiger partial charge < -0.3 is 10.1 Å². The van der Waals surface area contributed by atoms with Gasteiger partial charge in [0.2, 0.25) is 0 Å². The van der Waals surface area contributed by atoms with Crippen molar-refractivity contribution in [2.75, 3.05) is 0 Å². The number of fused-ring (bicyclic) bond motifs is 3. The third-order valence-electron chi connectivity index (χ3n) is 4.19. The second kappa shape index (κ2) is 3.61. The highest BCUT2D eigenvalue weighted by atomic mass is 16.4. The lowest BCUT2D eigenvalue weighted by Gasteiger charge is -2.29. The molecule has 18 heavy (non-hydrogen) atoms. The monoisotopic (exact) mass is 243 g/mol. The highest BCUT2D eigenvalue weighted by molar-refractivity contribution is 5.90. The minimum Gasteiger partial charge on any atom is -0.481 e. The Labute approximate surface area is 106 Å². The fourth-order valence-electron chi connectivity index (χ4n) is 3.05. The standard InChI is InChI=1S/C15H17NO2/c1-9-5-6-12-11(8-9)10-4-3-7-15(2,14(17)18)13(10)16-12/h5-6,8,16H,3-4,7H2,1-2H3,(H,17,18). The molecule has 0 radical (unpaired) electrons. The summed E-state index contributed by atoms with van der Waals surface area (Å²) in [5.41, 5.74) is 3.61. The van der Waals surface area contributed by atoms with Gasteiger partial charge in [0.15, 0.2) is 0 Å². The van der Waals surface area contributed by atoms with Gasteiger partial charge in [-0.2, -0.15) is 0 Å². The van der Waals surface area contributed by atoms with Crippen LogP contribution >= 0.6 is 0 Å². The quantitative estimate of drug-likeness (QED) is 0.808. The zero-order valence-electron chi connectivity index (χ0n) is 10.7. The Morgan fingerprint density at radius 3 is 2.94 bits per heavy atom. The summed E-state index contributed by atoms with van der Waals surface area (Å²) in [6.07, 6.45) is 2.62. The van der Waals surface area contributed by atoms with E-state index in [1.54, 1.807) is 0 Å². The number of aliphatic carboxylic acids is 1. The summed E-state index contributed by atoms with van der Waals surface area (Å²) in [6, 6.07) is 6.26. The van der Waals surface area contributed by atoms with E-state index in [-0.39, 0.29) is 0 Å². The fraction of sp³-hybridized carbons (Fsp3) is 0.400. The smallest absolute Gasteiger partial charge is 0.315 e. The number of aryl methyl sites for hydroxylation is 2. The molecule has 1 aromatic heterocycles. The molecular formula is C15H17NO2. The Balaban J connectivity index is 2.31. The Hall–Kier alpha value is -1.77. The van der Waals surface area contributed by atoms with Crippen molar-refractivity contribution in [3.8, 4) is 0 Å². The molecule has 3 heteroatoms. The molecule has 1 heterocycles. The van der Waals surface area contributed by atoms with Crippen LogP contribution in [0.4, 0.5) is 0 Å². The van der Waals surface area contributed by atoms with Crippen molar-refractivity contribution >= 4 is 16.9 Å². The second-order valence-electron chi connectivity index (χ2n) is 5.52. The largest absolute Gasteiger partial charge is 0.481 e. The minimum atomic E-state index is -0.763. The summed E-state index contributed by atoms with van der Waals surface area (Å²) in [7, 11) is 0. The van der Waals surface area contributed by atoms with Gasteiger partial charge in [-0.15, -0.1) is 0 Å². The molecule has 1 aliphatic rings. The van der Waals surface area contributed by atoms with E-state index >= 15 is 0 Å². The molecule has 0 amide bonds. The third kappa shape index (κ3) is 1.40. The maximum Gasteiger partial charge on any atom is 0.315 e. The van der Waals surface area contributed by atoms with E-state index in [1.807, 2.05) is 13.0 Å². The highest BCUT2D eigenvalue weighted by Gasteiger charge is 2.41. The molecule has 0 bridgehead atoms. The Bertz CT molecular complexity index is 641. The summed E-state index contributed by atoms with van der Waals surface area (Å²) >= 11 is 0. The van der Waals surface area contributed by atoms with Crippen LogP contribution in [-0.4, -0.2) is 16.1 Å². The molecule has 3 rings (SSSR count). The van der Waals surface area contributed by atoms with Crippen LogP contribution in [0.25, 0.3) is 10.9 Å². The summed E-state index contributed by atoms with van der Waals surface area (Å²) in [5.74, 6) is -0.730. The van der Waals surface area contributed by atoms with Crippen molar-refractivity contribution in [2.45, 2.75) is 38.5 Å². The van der Waals surface area contributed by atoms with Gasteiger partial charge in [0.25, 0.3) is 0 Å². The molecule has 0 saturated heterocycles. The fourth-order valence-corrected chi connectivity index (χ4v) is 3.05. The van der Waals surface area contributed by atoms with E-state index in [1.165, 1.54) is 16.5 Å². The number of aromatic amines is 1. The highest BCUT2D eigenvalue weighted by Crippen LogP contribution is 2.40. The number of nitrogens with one attached hydrogen (secondary N) is 1. The summed E-state index contributed by atoms with van der Waals surface area (Å²) in [4.78, 5) is 14.9. The first kappa shape index (κ1) is 11.3. The summed E-state index contributed by atoms with van der Waals surface area (Å²) < 4.78 is 0. The van der Waals surface area contributed by atoms with Crippen LogP contribution in [0.5, 0.6) is 0 Å². The van der Waals surface area contributed by atoms with Gasteiger partial charge >= 0.3 is 5.97 Å². The van der Waals surface area contributed by atoms with Crippen molar-refractivity contribution < 1.29 is 9.90 Å². The summed E-state index contributed by atoms with van der Waals surface area (Å²) in [5, 5.41) is 10.7. The third-order valence-corrected chi connectivity index (χ3v) is 4.19. The predicted octanol–water partition coefficient (Wildman–Crippen LogP) is 3.15. The lowest BCUT2D eigenvalue weighted by atomic mass is 9.75. The molecule has 3 nitrogen and oxygen atoms in total. The van der Waals surface area contributed by atoms with Gasteiger partial charge in [0.1, 0.15) is 5.41 Å². The number of carbonyl (C=O) groups is 1. The average molecular weight is 243 g/mol. The first-order chi connectivity index (χ1) is 8.52. The lowest BCUT2D eigenvalue weighted by Crippen LogP contribution is -2.36. The van der Waals surface area contributed by atoms with Gasteiger partial charge in [0, 0.05) is 16.6 Å². The second-order valence-corrected chi connectivity index (χ2v) is 5.52. The van der Waals surface area contributed by atoms with Crippen LogP contribution in [0.2, 0.25) is 0 Å². The molecule has 1 unspecified atom stereocenters. The number of rotatable bonds is 1. The Kier molecular flexibility index (Phi) is 2.27. The van der Waals surface area contributed by atoms with Crippen molar-refractivity contribution in [2.24, 2.45) is 0 Å². The van der Waals surface area contributed by atoms with E-state index < -0.39 is 11.4 Å². The normalized spacial score (nSPS) is 23.0. The first-order valence-corrected chi connectivity index (χ1v) is 6.37. The Morgan fingerprint density at radius 1 is 1.44 bits per heavy atom. The molecule has 1 atom stereocenters. The van der Waals surface area contributed by atoms with E-state index in [4.69, 9.17) is 0 Å². The van der Waals surface area contributed by atoms with Gasteiger partial charge in [-0.25, -0.2) is 0 Å². The molecular weight excluding hydrogens is 226 g/mol. The molecule has 0 spiro atoms. The molecule has 94 valence electrons. The number of benzene rings is 1. The van der Waals surface area contributed by atoms with Crippen LogP contribution in [0.3, 0.4) is 0 Å². The van der Waals surface area contributed by atoms with Gasteiger partial charge in [-0.3, -0.25) is 4.79 Å². The van der Waals surface area contributed by atoms with Gasteiger partial charge in [0.05, 0.1) is 0 Å². The number of carboxylic acid groups (broad SMARTS) is 1. The van der Waals surface area contributed by atoms with Crippen LogP contribution < -0.4 is 0 Å². The maximum atomic E-state index is 11.6. The maximum absolute atomic E-state index is 11.6. The van der Waals surface area contributed by atoms with Crippen LogP contribution in [0, 0.1) is 6.92 Å². The van der Waals surface area contributed by atoms with Crippen molar-refractivity contribution in [1.82, 2.24) is 4.98 Å². The predicted molar refractivity (Wildman–Crippen MR) is 71.0 cm³/mol. The lowest BCUT2D eigenvalue weighted by molar-refractivity contribution is -0.143. The number of carboxylic acids is 1. The summed E-state index contributed by atoms with van der Waals surface area (Å²) in [6.45, 7) is 3.90. The number of aromatic nitrogens is 1.